The van der Waals surface area contributed by atoms with Crippen LogP contribution in [-0.4, -0.2) is 36.4 Å². The zero-order valence-corrected chi connectivity index (χ0v) is 12.1. The van der Waals surface area contributed by atoms with E-state index in [4.69, 9.17) is 15.0 Å². The van der Waals surface area contributed by atoms with Gasteiger partial charge in [-0.15, -0.1) is 0 Å². The molecule has 0 aromatic carbocycles. The lowest BCUT2D eigenvalue weighted by Gasteiger charge is -2.32. The zero-order chi connectivity index (χ0) is 14.1. The molecule has 1 aliphatic heterocycles. The molecule has 0 radical (unpaired) electrons. The third kappa shape index (κ3) is 2.91. The van der Waals surface area contributed by atoms with E-state index < -0.39 is 0 Å². The molecule has 104 valence electrons. The van der Waals surface area contributed by atoms with Crippen LogP contribution in [0.25, 0.3) is 0 Å². The highest BCUT2D eigenvalue weighted by atomic mass is 16.7. The molecule has 5 nitrogen and oxygen atoms in total. The molecule has 1 aromatic rings. The minimum atomic E-state index is -0.360. The van der Waals surface area contributed by atoms with Crippen LogP contribution >= 0.6 is 0 Å². The van der Waals surface area contributed by atoms with Gasteiger partial charge >= 0.3 is 7.12 Å². The summed E-state index contributed by atoms with van der Waals surface area (Å²) in [7, 11) is -0.360. The van der Waals surface area contributed by atoms with Gasteiger partial charge in [0.1, 0.15) is 5.82 Å². The Balaban J connectivity index is 2.08. The van der Waals surface area contributed by atoms with Gasteiger partial charge in [0.15, 0.2) is 0 Å². The summed E-state index contributed by atoms with van der Waals surface area (Å²) in [6, 6.07) is 3.88. The fourth-order valence-electron chi connectivity index (χ4n) is 1.83. The van der Waals surface area contributed by atoms with Crippen molar-refractivity contribution in [2.75, 3.05) is 18.4 Å². The van der Waals surface area contributed by atoms with Gasteiger partial charge in [0.2, 0.25) is 0 Å². The molecule has 0 spiro atoms. The molecule has 2 rings (SSSR count). The number of rotatable bonds is 4. The van der Waals surface area contributed by atoms with Crippen molar-refractivity contribution in [2.24, 2.45) is 5.73 Å². The lowest BCUT2D eigenvalue weighted by Crippen LogP contribution is -2.41. The molecule has 0 saturated carbocycles. The molecule has 19 heavy (non-hydrogen) atoms. The largest absolute Gasteiger partial charge is 0.496 e. The lowest BCUT2D eigenvalue weighted by molar-refractivity contribution is 0.00578. The quantitative estimate of drug-likeness (QED) is 0.784. The van der Waals surface area contributed by atoms with Crippen LogP contribution < -0.4 is 16.5 Å². The summed E-state index contributed by atoms with van der Waals surface area (Å²) in [6.07, 6.45) is 1.78. The van der Waals surface area contributed by atoms with E-state index in [2.05, 4.69) is 10.3 Å². The standard InChI is InChI=1S/C13H22BN3O2/c1-12(2)13(3,4)19-14(18-12)10-5-6-11(17-9-10)16-8-7-15/h5-6,9H,7-8,15H2,1-4H3,(H,16,17). The molecule has 2 heterocycles. The van der Waals surface area contributed by atoms with E-state index >= 15 is 0 Å². The van der Waals surface area contributed by atoms with Gasteiger partial charge in [0.05, 0.1) is 11.2 Å². The predicted molar refractivity (Wildman–Crippen MR) is 77.5 cm³/mol. The Morgan fingerprint density at radius 2 is 1.84 bits per heavy atom. The van der Waals surface area contributed by atoms with Gasteiger partial charge in [-0.25, -0.2) is 4.98 Å². The van der Waals surface area contributed by atoms with E-state index in [0.717, 1.165) is 11.3 Å². The highest BCUT2D eigenvalue weighted by molar-refractivity contribution is 6.62. The molecule has 3 N–H and O–H groups in total. The second-order valence-corrected chi connectivity index (χ2v) is 5.78. The smallest absolute Gasteiger partial charge is 0.399 e. The fourth-order valence-corrected chi connectivity index (χ4v) is 1.83. The van der Waals surface area contributed by atoms with E-state index in [0.29, 0.717) is 13.1 Å². The molecule has 0 unspecified atom stereocenters. The Labute approximate surface area is 115 Å². The van der Waals surface area contributed by atoms with Crippen molar-refractivity contribution in [2.45, 2.75) is 38.9 Å². The summed E-state index contributed by atoms with van der Waals surface area (Å²) in [5, 5.41) is 3.13. The molecule has 0 aliphatic carbocycles. The van der Waals surface area contributed by atoms with Crippen LogP contribution in [0.3, 0.4) is 0 Å². The summed E-state index contributed by atoms with van der Waals surface area (Å²) < 4.78 is 11.9. The molecular weight excluding hydrogens is 241 g/mol. The first kappa shape index (κ1) is 14.3. The first-order valence-corrected chi connectivity index (χ1v) is 6.61. The fraction of sp³-hybridized carbons (Fsp3) is 0.615. The molecule has 0 amide bonds. The summed E-state index contributed by atoms with van der Waals surface area (Å²) >= 11 is 0. The second kappa shape index (κ2) is 5.11. The van der Waals surface area contributed by atoms with Crippen molar-refractivity contribution in [3.05, 3.63) is 18.3 Å². The SMILES string of the molecule is CC1(C)OB(c2ccc(NCCN)nc2)OC1(C)C. The first-order chi connectivity index (χ1) is 8.86. The summed E-state index contributed by atoms with van der Waals surface area (Å²) in [5.41, 5.74) is 5.71. The third-order valence-electron chi connectivity index (χ3n) is 3.76. The van der Waals surface area contributed by atoms with Gasteiger partial charge in [0, 0.05) is 24.7 Å². The van der Waals surface area contributed by atoms with Crippen molar-refractivity contribution in [3.63, 3.8) is 0 Å². The van der Waals surface area contributed by atoms with Crippen LogP contribution in [0.2, 0.25) is 0 Å². The Hall–Kier alpha value is -1.11. The average molecular weight is 263 g/mol. The molecule has 0 bridgehead atoms. The van der Waals surface area contributed by atoms with Gasteiger partial charge in [-0.05, 0) is 33.8 Å². The van der Waals surface area contributed by atoms with Crippen LogP contribution in [0.5, 0.6) is 0 Å². The second-order valence-electron chi connectivity index (χ2n) is 5.78. The minimum absolute atomic E-state index is 0.325. The molecule has 1 aliphatic rings. The first-order valence-electron chi connectivity index (χ1n) is 6.61. The molecule has 6 heteroatoms. The Kier molecular flexibility index (Phi) is 3.85. The monoisotopic (exact) mass is 263 g/mol. The summed E-state index contributed by atoms with van der Waals surface area (Å²) in [5.74, 6) is 0.811. The van der Waals surface area contributed by atoms with Crippen molar-refractivity contribution < 1.29 is 9.31 Å². The minimum Gasteiger partial charge on any atom is -0.399 e. The van der Waals surface area contributed by atoms with Gasteiger partial charge in [0.25, 0.3) is 0 Å². The van der Waals surface area contributed by atoms with Gasteiger partial charge in [-0.3, -0.25) is 0 Å². The van der Waals surface area contributed by atoms with Crippen molar-refractivity contribution in [3.8, 4) is 0 Å². The summed E-state index contributed by atoms with van der Waals surface area (Å²) in [6.45, 7) is 9.45. The van der Waals surface area contributed by atoms with E-state index in [1.165, 1.54) is 0 Å². The van der Waals surface area contributed by atoms with Crippen LogP contribution in [0.1, 0.15) is 27.7 Å². The topological polar surface area (TPSA) is 69.4 Å². The van der Waals surface area contributed by atoms with Crippen molar-refractivity contribution >= 4 is 18.4 Å². The summed E-state index contributed by atoms with van der Waals surface area (Å²) in [4.78, 5) is 4.33. The number of anilines is 1. The van der Waals surface area contributed by atoms with Crippen LogP contribution in [0.15, 0.2) is 18.3 Å². The number of nitrogens with zero attached hydrogens (tertiary/aromatic N) is 1. The lowest BCUT2D eigenvalue weighted by atomic mass is 9.80. The molecule has 1 aromatic heterocycles. The highest BCUT2D eigenvalue weighted by Gasteiger charge is 2.51. The number of nitrogens with one attached hydrogen (secondary N) is 1. The number of aromatic nitrogens is 1. The van der Waals surface area contributed by atoms with E-state index in [1.807, 2.05) is 39.8 Å². The Bertz CT molecular complexity index is 418. The normalized spacial score (nSPS) is 20.6. The van der Waals surface area contributed by atoms with E-state index in [-0.39, 0.29) is 18.3 Å². The number of hydrogen-bond acceptors (Lipinski definition) is 5. The third-order valence-corrected chi connectivity index (χ3v) is 3.76. The average Bonchev–Trinajstić information content (AvgIpc) is 2.56. The van der Waals surface area contributed by atoms with E-state index in [1.54, 1.807) is 6.20 Å². The van der Waals surface area contributed by atoms with Gasteiger partial charge in [-0.2, -0.15) is 0 Å². The van der Waals surface area contributed by atoms with Gasteiger partial charge < -0.3 is 20.4 Å². The molecule has 1 fully saturated rings. The van der Waals surface area contributed by atoms with Crippen molar-refractivity contribution in [1.29, 1.82) is 0 Å². The van der Waals surface area contributed by atoms with Crippen LogP contribution in [0, 0.1) is 0 Å². The number of nitrogens with two attached hydrogens (primary N) is 1. The Morgan fingerprint density at radius 3 is 2.32 bits per heavy atom. The number of pyridine rings is 1. The molecular formula is C13H22BN3O2. The maximum Gasteiger partial charge on any atom is 0.496 e. The highest BCUT2D eigenvalue weighted by Crippen LogP contribution is 2.36. The van der Waals surface area contributed by atoms with Gasteiger partial charge in [-0.1, -0.05) is 6.07 Å². The molecule has 1 saturated heterocycles. The van der Waals surface area contributed by atoms with Crippen LogP contribution in [0.4, 0.5) is 5.82 Å². The maximum absolute atomic E-state index is 5.97. The number of hydrogen-bond donors (Lipinski definition) is 2. The van der Waals surface area contributed by atoms with E-state index in [9.17, 15) is 0 Å². The predicted octanol–water partition coefficient (Wildman–Crippen LogP) is 0.751. The Morgan fingerprint density at radius 1 is 1.21 bits per heavy atom. The van der Waals surface area contributed by atoms with Crippen molar-refractivity contribution in [1.82, 2.24) is 4.98 Å². The van der Waals surface area contributed by atoms with Crippen LogP contribution in [-0.2, 0) is 9.31 Å². The maximum atomic E-state index is 5.97. The zero-order valence-electron chi connectivity index (χ0n) is 12.1. The molecule has 0 atom stereocenters.